The number of imidazole rings is 1. The van der Waals surface area contributed by atoms with E-state index in [2.05, 4.69) is 25.2 Å². The molecular weight excluding hydrogens is 292 g/mol. The van der Waals surface area contributed by atoms with E-state index in [4.69, 9.17) is 0 Å². The summed E-state index contributed by atoms with van der Waals surface area (Å²) in [4.78, 5) is 16.6. The van der Waals surface area contributed by atoms with Crippen molar-refractivity contribution in [3.63, 3.8) is 0 Å². The smallest absolute Gasteiger partial charge is 0.273 e. The van der Waals surface area contributed by atoms with Gasteiger partial charge in [-0.25, -0.2) is 9.67 Å². The van der Waals surface area contributed by atoms with Crippen LogP contribution in [0, 0.1) is 0 Å². The Morgan fingerprint density at radius 2 is 2.13 bits per heavy atom. The van der Waals surface area contributed by atoms with Crippen molar-refractivity contribution in [1.29, 1.82) is 0 Å². The van der Waals surface area contributed by atoms with Gasteiger partial charge < -0.3 is 9.88 Å². The molecule has 1 unspecified atom stereocenters. The molecular formula is C16H16N6O. The monoisotopic (exact) mass is 308 g/mol. The lowest BCUT2D eigenvalue weighted by Crippen LogP contribution is -2.41. The maximum Gasteiger partial charge on any atom is 0.273 e. The number of carbonyl (C=O) groups is 1. The summed E-state index contributed by atoms with van der Waals surface area (Å²) in [6.45, 7) is 0.744. The minimum absolute atomic E-state index is 0.0890. The Morgan fingerprint density at radius 1 is 1.26 bits per heavy atom. The Morgan fingerprint density at radius 3 is 3.00 bits per heavy atom. The van der Waals surface area contributed by atoms with Crippen LogP contribution in [0.15, 0.2) is 48.9 Å². The lowest BCUT2D eigenvalue weighted by molar-refractivity contribution is 0.0922. The lowest BCUT2D eigenvalue weighted by Gasteiger charge is -2.24. The molecule has 0 fully saturated rings. The summed E-state index contributed by atoms with van der Waals surface area (Å²) in [5, 5.41) is 11.0. The number of carbonyl (C=O) groups excluding carboxylic acids is 1. The second kappa shape index (κ2) is 5.68. The summed E-state index contributed by atoms with van der Waals surface area (Å²) in [7, 11) is 0. The third-order valence-corrected chi connectivity index (χ3v) is 4.02. The van der Waals surface area contributed by atoms with Crippen LogP contribution in [0.2, 0.25) is 0 Å². The Bertz CT molecular complexity index is 822. The lowest BCUT2D eigenvalue weighted by atomic mass is 10.1. The molecule has 0 aliphatic carbocycles. The van der Waals surface area contributed by atoms with E-state index in [1.54, 1.807) is 17.1 Å². The van der Waals surface area contributed by atoms with Gasteiger partial charge in [-0.15, -0.1) is 5.10 Å². The average Bonchev–Trinajstić information content (AvgIpc) is 3.24. The van der Waals surface area contributed by atoms with E-state index in [0.29, 0.717) is 5.69 Å². The van der Waals surface area contributed by atoms with Crippen molar-refractivity contribution < 1.29 is 4.79 Å². The van der Waals surface area contributed by atoms with Gasteiger partial charge in [-0.1, -0.05) is 23.4 Å². The molecule has 0 saturated carbocycles. The first-order valence-electron chi connectivity index (χ1n) is 7.58. The van der Waals surface area contributed by atoms with Gasteiger partial charge in [0.2, 0.25) is 0 Å². The van der Waals surface area contributed by atoms with E-state index in [0.717, 1.165) is 30.9 Å². The van der Waals surface area contributed by atoms with Gasteiger partial charge in [0.05, 0.1) is 11.9 Å². The van der Waals surface area contributed by atoms with Crippen LogP contribution in [0.3, 0.4) is 0 Å². The molecule has 7 heteroatoms. The van der Waals surface area contributed by atoms with Crippen molar-refractivity contribution in [3.8, 4) is 5.69 Å². The SMILES string of the molecule is O=C(NC1CCc2nccn2C1)c1cn(-c2ccccc2)nn1. The third kappa shape index (κ3) is 2.73. The number of aromatic nitrogens is 5. The van der Waals surface area contributed by atoms with Crippen molar-refractivity contribution in [1.82, 2.24) is 29.9 Å². The predicted octanol–water partition coefficient (Wildman–Crippen LogP) is 1.21. The van der Waals surface area contributed by atoms with Gasteiger partial charge in [-0.3, -0.25) is 4.79 Å². The molecule has 1 aromatic carbocycles. The van der Waals surface area contributed by atoms with Gasteiger partial charge in [-0.2, -0.15) is 0 Å². The summed E-state index contributed by atoms with van der Waals surface area (Å²) in [5.74, 6) is 0.881. The maximum atomic E-state index is 12.4. The van der Waals surface area contributed by atoms with Crippen LogP contribution in [0.5, 0.6) is 0 Å². The minimum Gasteiger partial charge on any atom is -0.346 e. The molecule has 0 radical (unpaired) electrons. The summed E-state index contributed by atoms with van der Waals surface area (Å²) >= 11 is 0. The zero-order valence-electron chi connectivity index (χ0n) is 12.5. The third-order valence-electron chi connectivity index (χ3n) is 4.02. The molecule has 4 rings (SSSR count). The topological polar surface area (TPSA) is 77.6 Å². The minimum atomic E-state index is -0.194. The molecule has 7 nitrogen and oxygen atoms in total. The molecule has 1 aliphatic heterocycles. The molecule has 0 spiro atoms. The highest BCUT2D eigenvalue weighted by Gasteiger charge is 2.22. The standard InChI is InChI=1S/C16H16N6O/c23-16(18-12-6-7-15-17-8-9-21(15)10-12)14-11-22(20-19-14)13-4-2-1-3-5-13/h1-5,8-9,11-12H,6-7,10H2,(H,18,23). The van der Waals surface area contributed by atoms with Gasteiger partial charge in [-0.05, 0) is 18.6 Å². The molecule has 0 saturated heterocycles. The Kier molecular flexibility index (Phi) is 3.38. The Balaban J connectivity index is 1.45. The summed E-state index contributed by atoms with van der Waals surface area (Å²) in [6, 6.07) is 9.69. The fraction of sp³-hybridized carbons (Fsp3) is 0.250. The molecule has 2 aromatic heterocycles. The van der Waals surface area contributed by atoms with Crippen molar-refractivity contribution in [2.45, 2.75) is 25.4 Å². The summed E-state index contributed by atoms with van der Waals surface area (Å²) in [5.41, 5.74) is 1.20. The van der Waals surface area contributed by atoms with Gasteiger partial charge in [0.25, 0.3) is 5.91 Å². The van der Waals surface area contributed by atoms with E-state index in [9.17, 15) is 4.79 Å². The highest BCUT2D eigenvalue weighted by molar-refractivity contribution is 5.92. The number of amides is 1. The van der Waals surface area contributed by atoms with E-state index in [-0.39, 0.29) is 11.9 Å². The first kappa shape index (κ1) is 13.7. The van der Waals surface area contributed by atoms with Crippen LogP contribution in [0.1, 0.15) is 22.7 Å². The number of hydrogen-bond donors (Lipinski definition) is 1. The van der Waals surface area contributed by atoms with Crippen LogP contribution in [-0.4, -0.2) is 36.5 Å². The normalized spacial score (nSPS) is 16.8. The molecule has 1 N–H and O–H groups in total. The van der Waals surface area contributed by atoms with E-state index in [1.807, 2.05) is 36.5 Å². The Hall–Kier alpha value is -2.96. The maximum absolute atomic E-state index is 12.4. The first-order chi connectivity index (χ1) is 11.3. The number of aryl methyl sites for hydroxylation is 1. The molecule has 23 heavy (non-hydrogen) atoms. The molecule has 1 amide bonds. The number of fused-ring (bicyclic) bond motifs is 1. The Labute approximate surface area is 133 Å². The summed E-state index contributed by atoms with van der Waals surface area (Å²) < 4.78 is 3.68. The number of para-hydroxylation sites is 1. The second-order valence-electron chi connectivity index (χ2n) is 5.59. The van der Waals surface area contributed by atoms with Gasteiger partial charge in [0, 0.05) is 31.4 Å². The largest absolute Gasteiger partial charge is 0.346 e. The molecule has 116 valence electrons. The highest BCUT2D eigenvalue weighted by atomic mass is 16.2. The fourth-order valence-corrected chi connectivity index (χ4v) is 2.82. The van der Waals surface area contributed by atoms with Crippen molar-refractivity contribution >= 4 is 5.91 Å². The molecule has 1 aliphatic rings. The molecule has 3 aromatic rings. The van der Waals surface area contributed by atoms with Crippen LogP contribution < -0.4 is 5.32 Å². The van der Waals surface area contributed by atoms with Gasteiger partial charge in [0.15, 0.2) is 5.69 Å². The van der Waals surface area contributed by atoms with Gasteiger partial charge >= 0.3 is 0 Å². The van der Waals surface area contributed by atoms with Crippen LogP contribution in [0.4, 0.5) is 0 Å². The molecule has 3 heterocycles. The quantitative estimate of drug-likeness (QED) is 0.789. The van der Waals surface area contributed by atoms with Crippen LogP contribution in [0.25, 0.3) is 5.69 Å². The van der Waals surface area contributed by atoms with E-state index < -0.39 is 0 Å². The predicted molar refractivity (Wildman–Crippen MR) is 83.2 cm³/mol. The number of nitrogens with zero attached hydrogens (tertiary/aromatic N) is 5. The number of rotatable bonds is 3. The van der Waals surface area contributed by atoms with Crippen LogP contribution in [-0.2, 0) is 13.0 Å². The molecule has 0 bridgehead atoms. The fourth-order valence-electron chi connectivity index (χ4n) is 2.82. The number of nitrogens with one attached hydrogen (secondary N) is 1. The first-order valence-corrected chi connectivity index (χ1v) is 7.58. The number of benzene rings is 1. The molecule has 1 atom stereocenters. The van der Waals surface area contributed by atoms with Crippen molar-refractivity contribution in [2.24, 2.45) is 0 Å². The van der Waals surface area contributed by atoms with Crippen LogP contribution >= 0.6 is 0 Å². The van der Waals surface area contributed by atoms with Crippen molar-refractivity contribution in [3.05, 3.63) is 60.4 Å². The van der Waals surface area contributed by atoms with E-state index >= 15 is 0 Å². The van der Waals surface area contributed by atoms with Crippen molar-refractivity contribution in [2.75, 3.05) is 0 Å². The average molecular weight is 308 g/mol. The zero-order valence-corrected chi connectivity index (χ0v) is 12.5. The summed E-state index contributed by atoms with van der Waals surface area (Å²) in [6.07, 6.45) is 7.14. The number of hydrogen-bond acceptors (Lipinski definition) is 4. The van der Waals surface area contributed by atoms with Gasteiger partial charge in [0.1, 0.15) is 5.82 Å². The second-order valence-corrected chi connectivity index (χ2v) is 5.59. The highest BCUT2D eigenvalue weighted by Crippen LogP contribution is 2.13. The zero-order chi connectivity index (χ0) is 15.6. The van der Waals surface area contributed by atoms with E-state index in [1.165, 1.54) is 0 Å².